The van der Waals surface area contributed by atoms with E-state index in [1.54, 1.807) is 12.1 Å². The van der Waals surface area contributed by atoms with Crippen molar-refractivity contribution in [3.05, 3.63) is 35.1 Å². The molecule has 2 nitrogen and oxygen atoms in total. The molecule has 3 heteroatoms. The molecule has 3 N–H and O–H groups in total. The second kappa shape index (κ2) is 4.57. The summed E-state index contributed by atoms with van der Waals surface area (Å²) < 4.78 is 14.0. The van der Waals surface area contributed by atoms with E-state index in [2.05, 4.69) is 0 Å². The van der Waals surface area contributed by atoms with E-state index in [1.807, 2.05) is 6.92 Å². The molecule has 2 fully saturated rings. The molecular weight excluding hydrogens is 241 g/mol. The van der Waals surface area contributed by atoms with Gasteiger partial charge in [-0.25, -0.2) is 4.39 Å². The largest absolute Gasteiger partial charge is 0.388 e. The summed E-state index contributed by atoms with van der Waals surface area (Å²) in [5.74, 6) is 0.821. The first kappa shape index (κ1) is 13.1. The SMILES string of the molecule is Cc1ccc(F)c(C(O)C2(CN)CC3CCC2C3)c1. The zero-order valence-corrected chi connectivity index (χ0v) is 11.4. The number of aliphatic hydroxyl groups excluding tert-OH is 1. The zero-order chi connectivity index (χ0) is 13.6. The van der Waals surface area contributed by atoms with E-state index in [9.17, 15) is 9.50 Å². The van der Waals surface area contributed by atoms with Gasteiger partial charge in [-0.15, -0.1) is 0 Å². The number of aliphatic hydroxyl groups is 1. The van der Waals surface area contributed by atoms with Gasteiger partial charge in [-0.1, -0.05) is 24.1 Å². The van der Waals surface area contributed by atoms with Gasteiger partial charge in [0.15, 0.2) is 0 Å². The van der Waals surface area contributed by atoms with Crippen molar-refractivity contribution in [1.82, 2.24) is 0 Å². The average Bonchev–Trinajstić information content (AvgIpc) is 3.01. The van der Waals surface area contributed by atoms with Gasteiger partial charge in [0, 0.05) is 17.5 Å². The number of hydrogen-bond acceptors (Lipinski definition) is 2. The zero-order valence-electron chi connectivity index (χ0n) is 11.4. The molecule has 104 valence electrons. The number of halogens is 1. The highest BCUT2D eigenvalue weighted by Crippen LogP contribution is 2.60. The third kappa shape index (κ3) is 1.91. The van der Waals surface area contributed by atoms with Crippen LogP contribution in [0.15, 0.2) is 18.2 Å². The van der Waals surface area contributed by atoms with Crippen LogP contribution >= 0.6 is 0 Å². The number of nitrogens with two attached hydrogens (primary N) is 1. The number of aryl methyl sites for hydroxylation is 1. The van der Waals surface area contributed by atoms with Gasteiger partial charge in [0.2, 0.25) is 0 Å². The van der Waals surface area contributed by atoms with Crippen LogP contribution in [0.5, 0.6) is 0 Å². The van der Waals surface area contributed by atoms with Crippen molar-refractivity contribution in [3.8, 4) is 0 Å². The Morgan fingerprint density at radius 2 is 2.26 bits per heavy atom. The van der Waals surface area contributed by atoms with Crippen LogP contribution in [0.1, 0.15) is 42.9 Å². The summed E-state index contributed by atoms with van der Waals surface area (Å²) in [4.78, 5) is 0. The molecule has 4 atom stereocenters. The topological polar surface area (TPSA) is 46.2 Å². The molecule has 0 radical (unpaired) electrons. The van der Waals surface area contributed by atoms with Gasteiger partial charge >= 0.3 is 0 Å². The normalized spacial score (nSPS) is 34.7. The van der Waals surface area contributed by atoms with Crippen LogP contribution in [-0.2, 0) is 0 Å². The molecule has 2 saturated carbocycles. The molecule has 4 unspecified atom stereocenters. The molecular formula is C16H22FNO. The summed E-state index contributed by atoms with van der Waals surface area (Å²) in [6, 6.07) is 4.95. The molecule has 1 aromatic rings. The molecule has 0 aromatic heterocycles. The predicted octanol–water partition coefficient (Wildman–Crippen LogP) is 2.93. The first-order chi connectivity index (χ1) is 9.06. The first-order valence-corrected chi connectivity index (χ1v) is 7.21. The minimum Gasteiger partial charge on any atom is -0.388 e. The second-order valence-corrected chi connectivity index (χ2v) is 6.44. The summed E-state index contributed by atoms with van der Waals surface area (Å²) >= 11 is 0. The second-order valence-electron chi connectivity index (χ2n) is 6.44. The molecule has 19 heavy (non-hydrogen) atoms. The summed E-state index contributed by atoms with van der Waals surface area (Å²) in [7, 11) is 0. The van der Waals surface area contributed by atoms with Crippen molar-refractivity contribution >= 4 is 0 Å². The third-order valence-corrected chi connectivity index (χ3v) is 5.39. The van der Waals surface area contributed by atoms with Crippen LogP contribution in [0.3, 0.4) is 0 Å². The van der Waals surface area contributed by atoms with E-state index < -0.39 is 6.10 Å². The van der Waals surface area contributed by atoms with Crippen molar-refractivity contribution in [3.63, 3.8) is 0 Å². The smallest absolute Gasteiger partial charge is 0.129 e. The third-order valence-electron chi connectivity index (χ3n) is 5.39. The Kier molecular flexibility index (Phi) is 3.14. The fraction of sp³-hybridized carbons (Fsp3) is 0.625. The Morgan fingerprint density at radius 3 is 2.84 bits per heavy atom. The number of hydrogen-bond donors (Lipinski definition) is 2. The Hall–Kier alpha value is -0.930. The Bertz CT molecular complexity index is 490. The molecule has 1 aromatic carbocycles. The number of fused-ring (bicyclic) bond motifs is 2. The fourth-order valence-electron chi connectivity index (χ4n) is 4.37. The van der Waals surface area contributed by atoms with E-state index in [4.69, 9.17) is 5.73 Å². The van der Waals surface area contributed by atoms with Crippen molar-refractivity contribution in [2.45, 2.75) is 38.7 Å². The highest BCUT2D eigenvalue weighted by Gasteiger charge is 2.54. The van der Waals surface area contributed by atoms with Crippen LogP contribution in [-0.4, -0.2) is 11.7 Å². The summed E-state index contributed by atoms with van der Waals surface area (Å²) in [5, 5.41) is 10.8. The highest BCUT2D eigenvalue weighted by molar-refractivity contribution is 5.28. The molecule has 2 aliphatic rings. The van der Waals surface area contributed by atoms with Crippen LogP contribution < -0.4 is 5.73 Å². The average molecular weight is 263 g/mol. The quantitative estimate of drug-likeness (QED) is 0.880. The van der Waals surface area contributed by atoms with Gasteiger partial charge in [-0.2, -0.15) is 0 Å². The van der Waals surface area contributed by atoms with E-state index in [-0.39, 0.29) is 11.2 Å². The van der Waals surface area contributed by atoms with E-state index in [0.29, 0.717) is 23.9 Å². The summed E-state index contributed by atoms with van der Waals surface area (Å²) in [5.41, 5.74) is 7.10. The van der Waals surface area contributed by atoms with Gasteiger partial charge in [-0.05, 0) is 44.1 Å². The maximum absolute atomic E-state index is 14.0. The molecule has 0 amide bonds. The monoisotopic (exact) mass is 263 g/mol. The standard InChI is InChI=1S/C16H22FNO/c1-10-2-5-14(17)13(6-10)15(19)16(9-18)8-11-3-4-12(16)7-11/h2,5-6,11-12,15,19H,3-4,7-9,18H2,1H3. The van der Waals surface area contributed by atoms with Crippen LogP contribution in [0.2, 0.25) is 0 Å². The predicted molar refractivity (Wildman–Crippen MR) is 73.0 cm³/mol. The number of rotatable bonds is 3. The van der Waals surface area contributed by atoms with Crippen molar-refractivity contribution in [1.29, 1.82) is 0 Å². The van der Waals surface area contributed by atoms with Crippen molar-refractivity contribution in [2.24, 2.45) is 23.0 Å². The van der Waals surface area contributed by atoms with E-state index >= 15 is 0 Å². The van der Waals surface area contributed by atoms with Gasteiger partial charge in [-0.3, -0.25) is 0 Å². The van der Waals surface area contributed by atoms with Gasteiger partial charge < -0.3 is 10.8 Å². The summed E-state index contributed by atoms with van der Waals surface area (Å²) in [6.07, 6.45) is 3.71. The van der Waals surface area contributed by atoms with Gasteiger partial charge in [0.1, 0.15) is 5.82 Å². The molecule has 0 spiro atoms. The van der Waals surface area contributed by atoms with Crippen LogP contribution in [0.4, 0.5) is 4.39 Å². The van der Waals surface area contributed by atoms with Crippen molar-refractivity contribution < 1.29 is 9.50 Å². The Morgan fingerprint density at radius 1 is 1.47 bits per heavy atom. The van der Waals surface area contributed by atoms with Gasteiger partial charge in [0.05, 0.1) is 6.10 Å². The molecule has 2 aliphatic carbocycles. The molecule has 0 heterocycles. The molecule has 0 aliphatic heterocycles. The molecule has 2 bridgehead atoms. The minimum absolute atomic E-state index is 0.308. The first-order valence-electron chi connectivity index (χ1n) is 7.21. The lowest BCUT2D eigenvalue weighted by atomic mass is 9.67. The maximum atomic E-state index is 14.0. The number of benzene rings is 1. The van der Waals surface area contributed by atoms with Crippen LogP contribution in [0, 0.1) is 30.0 Å². The lowest BCUT2D eigenvalue weighted by Crippen LogP contribution is -2.41. The van der Waals surface area contributed by atoms with Crippen molar-refractivity contribution in [2.75, 3.05) is 6.54 Å². The molecule has 0 saturated heterocycles. The van der Waals surface area contributed by atoms with E-state index in [1.165, 1.54) is 12.5 Å². The maximum Gasteiger partial charge on any atom is 0.129 e. The van der Waals surface area contributed by atoms with E-state index in [0.717, 1.165) is 24.8 Å². The highest BCUT2D eigenvalue weighted by atomic mass is 19.1. The Labute approximate surface area is 113 Å². The summed E-state index contributed by atoms with van der Waals surface area (Å²) in [6.45, 7) is 2.37. The van der Waals surface area contributed by atoms with Gasteiger partial charge in [0.25, 0.3) is 0 Å². The lowest BCUT2D eigenvalue weighted by Gasteiger charge is -2.41. The lowest BCUT2D eigenvalue weighted by molar-refractivity contribution is -0.0151. The Balaban J connectivity index is 1.98. The molecule has 3 rings (SSSR count). The fourth-order valence-corrected chi connectivity index (χ4v) is 4.37. The van der Waals surface area contributed by atoms with Crippen LogP contribution in [0.25, 0.3) is 0 Å². The minimum atomic E-state index is -0.771.